The summed E-state index contributed by atoms with van der Waals surface area (Å²) in [5.74, 6) is -1.10. The molecule has 1 aliphatic rings. The van der Waals surface area contributed by atoms with Gasteiger partial charge in [-0.15, -0.1) is 0 Å². The molecule has 4 nitrogen and oxygen atoms in total. The highest BCUT2D eigenvalue weighted by molar-refractivity contribution is 7.81. The van der Waals surface area contributed by atoms with Crippen molar-refractivity contribution in [1.82, 2.24) is 4.90 Å². The molecule has 1 N–H and O–H groups in total. The third kappa shape index (κ3) is 2.15. The van der Waals surface area contributed by atoms with E-state index in [4.69, 9.17) is 5.11 Å². The van der Waals surface area contributed by atoms with Crippen LogP contribution in [0.15, 0.2) is 0 Å². The van der Waals surface area contributed by atoms with E-state index >= 15 is 0 Å². The zero-order valence-corrected chi connectivity index (χ0v) is 8.33. The van der Waals surface area contributed by atoms with Crippen LogP contribution >= 0.6 is 12.6 Å². The van der Waals surface area contributed by atoms with Crippen LogP contribution in [0.1, 0.15) is 19.8 Å². The van der Waals surface area contributed by atoms with E-state index in [0.29, 0.717) is 13.0 Å². The minimum atomic E-state index is -0.917. The molecule has 1 fully saturated rings. The predicted molar refractivity (Wildman–Crippen MR) is 50.8 cm³/mol. The molecule has 0 aliphatic carbocycles. The van der Waals surface area contributed by atoms with Crippen molar-refractivity contribution in [2.75, 3.05) is 6.54 Å². The Kier molecular flexibility index (Phi) is 3.19. The van der Waals surface area contributed by atoms with Crippen LogP contribution in [0.4, 0.5) is 0 Å². The zero-order chi connectivity index (χ0) is 10.0. The SMILES string of the molecule is C[C@@H](S)C(=O)N1CCC[C@H]1C(=O)O. The van der Waals surface area contributed by atoms with Crippen molar-refractivity contribution < 1.29 is 14.7 Å². The fourth-order valence-corrected chi connectivity index (χ4v) is 1.68. The Morgan fingerprint density at radius 1 is 1.62 bits per heavy atom. The molecule has 2 atom stereocenters. The van der Waals surface area contributed by atoms with Crippen molar-refractivity contribution in [2.45, 2.75) is 31.1 Å². The summed E-state index contributed by atoms with van der Waals surface area (Å²) in [7, 11) is 0. The highest BCUT2D eigenvalue weighted by atomic mass is 32.1. The van der Waals surface area contributed by atoms with Crippen molar-refractivity contribution in [3.8, 4) is 0 Å². The number of nitrogens with zero attached hydrogens (tertiary/aromatic N) is 1. The molecule has 1 amide bonds. The molecular formula is C8H13NO3S. The standard InChI is InChI=1S/C8H13NO3S/c1-5(13)7(10)9-4-2-3-6(9)8(11)12/h5-6,13H,2-4H2,1H3,(H,11,12)/t5-,6+/m1/s1. The highest BCUT2D eigenvalue weighted by Crippen LogP contribution is 2.19. The molecule has 0 saturated carbocycles. The Labute approximate surface area is 82.3 Å². The van der Waals surface area contributed by atoms with Crippen LogP contribution in [0.25, 0.3) is 0 Å². The first-order chi connectivity index (χ1) is 6.04. The number of hydrogen-bond donors (Lipinski definition) is 2. The number of carbonyl (C=O) groups is 2. The summed E-state index contributed by atoms with van der Waals surface area (Å²) < 4.78 is 0. The molecule has 0 aromatic carbocycles. The van der Waals surface area contributed by atoms with Crippen LogP contribution in [-0.2, 0) is 9.59 Å². The summed E-state index contributed by atoms with van der Waals surface area (Å²) in [5.41, 5.74) is 0. The molecule has 1 heterocycles. The number of rotatable bonds is 2. The molecule has 0 aromatic heterocycles. The van der Waals surface area contributed by atoms with Gasteiger partial charge in [0.1, 0.15) is 6.04 Å². The van der Waals surface area contributed by atoms with Gasteiger partial charge in [0.25, 0.3) is 0 Å². The summed E-state index contributed by atoms with van der Waals surface area (Å²) in [5, 5.41) is 8.38. The average molecular weight is 203 g/mol. The number of carboxylic acid groups (broad SMARTS) is 1. The Hall–Kier alpha value is -0.710. The molecule has 0 aromatic rings. The largest absolute Gasteiger partial charge is 0.480 e. The predicted octanol–water partition coefficient (Wildman–Crippen LogP) is 0.380. The van der Waals surface area contributed by atoms with Crippen LogP contribution in [0, 0.1) is 0 Å². The first-order valence-electron chi connectivity index (χ1n) is 4.25. The van der Waals surface area contributed by atoms with E-state index in [1.165, 1.54) is 4.90 Å². The molecule has 0 unspecified atom stereocenters. The van der Waals surface area contributed by atoms with Gasteiger partial charge in [0, 0.05) is 6.54 Å². The Morgan fingerprint density at radius 2 is 2.23 bits per heavy atom. The van der Waals surface area contributed by atoms with E-state index in [9.17, 15) is 9.59 Å². The second kappa shape index (κ2) is 4.00. The van der Waals surface area contributed by atoms with E-state index in [1.54, 1.807) is 6.92 Å². The molecule has 1 saturated heterocycles. The van der Waals surface area contributed by atoms with Crippen molar-refractivity contribution in [3.05, 3.63) is 0 Å². The van der Waals surface area contributed by atoms with Crippen molar-refractivity contribution in [3.63, 3.8) is 0 Å². The van der Waals surface area contributed by atoms with Crippen molar-refractivity contribution in [1.29, 1.82) is 0 Å². The number of carbonyl (C=O) groups excluding carboxylic acids is 1. The molecule has 74 valence electrons. The fourth-order valence-electron chi connectivity index (χ4n) is 1.53. The van der Waals surface area contributed by atoms with Gasteiger partial charge in [-0.05, 0) is 19.8 Å². The van der Waals surface area contributed by atoms with Crippen LogP contribution in [0.5, 0.6) is 0 Å². The van der Waals surface area contributed by atoms with Gasteiger partial charge in [-0.1, -0.05) is 0 Å². The third-order valence-corrected chi connectivity index (χ3v) is 2.40. The monoisotopic (exact) mass is 203 g/mol. The molecule has 5 heteroatoms. The van der Waals surface area contributed by atoms with E-state index < -0.39 is 17.3 Å². The van der Waals surface area contributed by atoms with Gasteiger partial charge in [-0.3, -0.25) is 4.79 Å². The van der Waals surface area contributed by atoms with Gasteiger partial charge < -0.3 is 10.0 Å². The molecule has 0 radical (unpaired) electrons. The van der Waals surface area contributed by atoms with Crippen LogP contribution in [0.2, 0.25) is 0 Å². The van der Waals surface area contributed by atoms with Crippen LogP contribution < -0.4 is 0 Å². The lowest BCUT2D eigenvalue weighted by Gasteiger charge is -2.22. The minimum Gasteiger partial charge on any atom is -0.480 e. The molecule has 0 spiro atoms. The molecule has 1 aliphatic heterocycles. The van der Waals surface area contributed by atoms with E-state index in [0.717, 1.165) is 6.42 Å². The summed E-state index contributed by atoms with van der Waals surface area (Å²) >= 11 is 3.99. The topological polar surface area (TPSA) is 57.6 Å². The average Bonchev–Trinajstić information content (AvgIpc) is 2.50. The number of likely N-dealkylation sites (tertiary alicyclic amines) is 1. The molecular weight excluding hydrogens is 190 g/mol. The quantitative estimate of drug-likeness (QED) is 0.638. The lowest BCUT2D eigenvalue weighted by atomic mass is 10.2. The number of thiol groups is 1. The number of aliphatic carboxylic acids is 1. The third-order valence-electron chi connectivity index (χ3n) is 2.18. The molecule has 0 bridgehead atoms. The second-order valence-corrected chi connectivity index (χ2v) is 3.98. The number of amides is 1. The van der Waals surface area contributed by atoms with Gasteiger partial charge >= 0.3 is 5.97 Å². The minimum absolute atomic E-state index is 0.187. The van der Waals surface area contributed by atoms with Crippen molar-refractivity contribution in [2.24, 2.45) is 0 Å². The van der Waals surface area contributed by atoms with E-state index in [1.807, 2.05) is 0 Å². The van der Waals surface area contributed by atoms with Gasteiger partial charge in [-0.2, -0.15) is 12.6 Å². The maximum Gasteiger partial charge on any atom is 0.326 e. The molecule has 13 heavy (non-hydrogen) atoms. The van der Waals surface area contributed by atoms with Crippen molar-refractivity contribution >= 4 is 24.5 Å². The Bertz CT molecular complexity index is 229. The van der Waals surface area contributed by atoms with Gasteiger partial charge in [-0.25, -0.2) is 4.79 Å². The first-order valence-corrected chi connectivity index (χ1v) is 4.77. The zero-order valence-electron chi connectivity index (χ0n) is 7.43. The van der Waals surface area contributed by atoms with Gasteiger partial charge in [0.15, 0.2) is 0 Å². The van der Waals surface area contributed by atoms with Crippen LogP contribution in [0.3, 0.4) is 0 Å². The first kappa shape index (κ1) is 10.4. The van der Waals surface area contributed by atoms with Gasteiger partial charge in [0.05, 0.1) is 5.25 Å². The lowest BCUT2D eigenvalue weighted by Crippen LogP contribution is -2.43. The maximum absolute atomic E-state index is 11.4. The van der Waals surface area contributed by atoms with E-state index in [-0.39, 0.29) is 5.91 Å². The smallest absolute Gasteiger partial charge is 0.326 e. The summed E-state index contributed by atoms with van der Waals surface area (Å²) in [6.45, 7) is 2.20. The highest BCUT2D eigenvalue weighted by Gasteiger charge is 2.34. The number of hydrogen-bond acceptors (Lipinski definition) is 3. The summed E-state index contributed by atoms with van der Waals surface area (Å²) in [6, 6.07) is -0.637. The second-order valence-electron chi connectivity index (χ2n) is 3.20. The maximum atomic E-state index is 11.4. The fraction of sp³-hybridized carbons (Fsp3) is 0.750. The van der Waals surface area contributed by atoms with Crippen LogP contribution in [-0.4, -0.2) is 39.7 Å². The normalized spacial score (nSPS) is 24.5. The molecule has 1 rings (SSSR count). The Morgan fingerprint density at radius 3 is 2.69 bits per heavy atom. The Balaban J connectivity index is 2.68. The van der Waals surface area contributed by atoms with E-state index in [2.05, 4.69) is 12.6 Å². The lowest BCUT2D eigenvalue weighted by molar-refractivity contribution is -0.147. The summed E-state index contributed by atoms with van der Waals surface area (Å²) in [4.78, 5) is 23.6. The summed E-state index contributed by atoms with van der Waals surface area (Å²) in [6.07, 6.45) is 1.32. The number of carboxylic acids is 1. The van der Waals surface area contributed by atoms with Gasteiger partial charge in [0.2, 0.25) is 5.91 Å².